The number of aromatic nitrogens is 4. The highest BCUT2D eigenvalue weighted by Crippen LogP contribution is 2.29. The van der Waals surface area contributed by atoms with E-state index < -0.39 is 0 Å². The van der Waals surface area contributed by atoms with E-state index in [-0.39, 0.29) is 12.3 Å². The molecule has 8 heteroatoms. The van der Waals surface area contributed by atoms with Crippen molar-refractivity contribution in [1.82, 2.24) is 19.7 Å². The van der Waals surface area contributed by atoms with Gasteiger partial charge >= 0.3 is 0 Å². The number of nitrogens with zero attached hydrogens (tertiary/aromatic N) is 5. The number of halogens is 1. The molecule has 0 saturated carbocycles. The van der Waals surface area contributed by atoms with Gasteiger partial charge in [-0.1, -0.05) is 0 Å². The number of fused-ring (bicyclic) bond motifs is 1. The molecule has 0 N–H and O–H groups in total. The van der Waals surface area contributed by atoms with Gasteiger partial charge in [0.25, 0.3) is 0 Å². The van der Waals surface area contributed by atoms with Gasteiger partial charge in [-0.15, -0.1) is 0 Å². The molecule has 128 valence electrons. The van der Waals surface area contributed by atoms with E-state index in [0.717, 1.165) is 46.6 Å². The highest BCUT2D eigenvalue weighted by Gasteiger charge is 2.27. The molecule has 2 saturated heterocycles. The van der Waals surface area contributed by atoms with Crippen LogP contribution in [0.2, 0.25) is 0 Å². The predicted octanol–water partition coefficient (Wildman–Crippen LogP) is 2.69. The maximum Gasteiger partial charge on any atom is 0.182 e. The van der Waals surface area contributed by atoms with Crippen LogP contribution < -0.4 is 4.90 Å². The minimum absolute atomic E-state index is 0.0605. The number of carbonyl (C=O) groups excluding carboxylic acids is 1. The summed E-state index contributed by atoms with van der Waals surface area (Å²) in [5, 5.41) is 4.61. The van der Waals surface area contributed by atoms with Gasteiger partial charge in [0.05, 0.1) is 6.20 Å². The SMILES string of the molecule is C[C@@H]1CC(=O)CCN1c1cnc2c(I)nn(C3CCCCO3)c2n1. The first-order valence-corrected chi connectivity index (χ1v) is 9.52. The highest BCUT2D eigenvalue weighted by molar-refractivity contribution is 14.1. The fourth-order valence-corrected chi connectivity index (χ4v) is 4.08. The predicted molar refractivity (Wildman–Crippen MR) is 97.9 cm³/mol. The van der Waals surface area contributed by atoms with Crippen LogP contribution in [0.4, 0.5) is 5.82 Å². The van der Waals surface area contributed by atoms with E-state index in [2.05, 4.69) is 44.5 Å². The second-order valence-electron chi connectivity index (χ2n) is 6.49. The summed E-state index contributed by atoms with van der Waals surface area (Å²) in [6.07, 6.45) is 6.08. The summed E-state index contributed by atoms with van der Waals surface area (Å²) in [4.78, 5) is 23.2. The van der Waals surface area contributed by atoms with Crippen LogP contribution in [-0.4, -0.2) is 44.7 Å². The van der Waals surface area contributed by atoms with E-state index >= 15 is 0 Å². The lowest BCUT2D eigenvalue weighted by atomic mass is 10.0. The highest BCUT2D eigenvalue weighted by atomic mass is 127. The summed E-state index contributed by atoms with van der Waals surface area (Å²) >= 11 is 2.20. The maximum absolute atomic E-state index is 11.6. The lowest BCUT2D eigenvalue weighted by Gasteiger charge is -2.33. The zero-order valence-electron chi connectivity index (χ0n) is 13.6. The molecule has 2 fully saturated rings. The van der Waals surface area contributed by atoms with Crippen molar-refractivity contribution in [2.45, 2.75) is 51.3 Å². The van der Waals surface area contributed by atoms with Crippen molar-refractivity contribution in [2.75, 3.05) is 18.1 Å². The average molecular weight is 441 g/mol. The fraction of sp³-hybridized carbons (Fsp3) is 0.625. The molecular weight excluding hydrogens is 421 g/mol. The number of hydrogen-bond acceptors (Lipinski definition) is 6. The van der Waals surface area contributed by atoms with Gasteiger partial charge in [-0.2, -0.15) is 5.10 Å². The first kappa shape index (κ1) is 16.2. The van der Waals surface area contributed by atoms with E-state index in [1.807, 2.05) is 4.68 Å². The number of Topliss-reactive ketones (excluding diaryl/α,β-unsaturated/α-hetero) is 1. The Morgan fingerprint density at radius 2 is 2.25 bits per heavy atom. The Hall–Kier alpha value is -1.29. The van der Waals surface area contributed by atoms with Crippen LogP contribution in [0.15, 0.2) is 6.20 Å². The molecule has 4 heterocycles. The molecular formula is C16H20IN5O2. The van der Waals surface area contributed by atoms with E-state index in [1.165, 1.54) is 0 Å². The van der Waals surface area contributed by atoms with Gasteiger partial charge in [0.1, 0.15) is 17.1 Å². The van der Waals surface area contributed by atoms with Crippen molar-refractivity contribution >= 4 is 45.4 Å². The quantitative estimate of drug-likeness (QED) is 0.668. The summed E-state index contributed by atoms with van der Waals surface area (Å²) in [6.45, 7) is 3.53. The smallest absolute Gasteiger partial charge is 0.182 e. The number of hydrogen-bond donors (Lipinski definition) is 0. The molecule has 0 bridgehead atoms. The number of rotatable bonds is 2. The zero-order valence-corrected chi connectivity index (χ0v) is 15.8. The number of ether oxygens (including phenoxy) is 1. The molecule has 2 aromatic rings. The Morgan fingerprint density at radius 3 is 3.00 bits per heavy atom. The third-order valence-corrected chi connectivity index (χ3v) is 5.49. The standard InChI is InChI=1S/C16H20IN5O2/c1-10-8-11(23)5-6-21(10)12-9-18-14-15(17)20-22(16(14)19-12)13-4-2-3-7-24-13/h9-10,13H,2-8H2,1H3/t10-,13?/m1/s1. The van der Waals surface area contributed by atoms with E-state index in [1.54, 1.807) is 6.20 Å². The van der Waals surface area contributed by atoms with Crippen LogP contribution in [0, 0.1) is 3.70 Å². The van der Waals surface area contributed by atoms with Gasteiger partial charge in [-0.25, -0.2) is 14.6 Å². The Labute approximate surface area is 153 Å². The number of piperidine rings is 1. The van der Waals surface area contributed by atoms with Gasteiger partial charge in [0.2, 0.25) is 0 Å². The topological polar surface area (TPSA) is 73.1 Å². The summed E-state index contributed by atoms with van der Waals surface area (Å²) in [7, 11) is 0. The van der Waals surface area contributed by atoms with Crippen molar-refractivity contribution in [2.24, 2.45) is 0 Å². The van der Waals surface area contributed by atoms with Crippen molar-refractivity contribution in [3.63, 3.8) is 0 Å². The van der Waals surface area contributed by atoms with E-state index in [4.69, 9.17) is 9.72 Å². The van der Waals surface area contributed by atoms with E-state index in [0.29, 0.717) is 25.2 Å². The summed E-state index contributed by atoms with van der Waals surface area (Å²) in [5.74, 6) is 1.14. The van der Waals surface area contributed by atoms with Gasteiger partial charge < -0.3 is 9.64 Å². The van der Waals surface area contributed by atoms with Gasteiger partial charge in [0, 0.05) is 32.0 Å². The number of anilines is 1. The maximum atomic E-state index is 11.6. The normalized spacial score (nSPS) is 25.4. The molecule has 7 nitrogen and oxygen atoms in total. The molecule has 0 aromatic carbocycles. The lowest BCUT2D eigenvalue weighted by molar-refractivity contribution is -0.120. The summed E-state index contributed by atoms with van der Waals surface area (Å²) < 4.78 is 8.60. The fourth-order valence-electron chi connectivity index (χ4n) is 3.47. The Bertz CT molecular complexity index is 771. The van der Waals surface area contributed by atoms with Crippen LogP contribution in [0.3, 0.4) is 0 Å². The molecule has 1 unspecified atom stereocenters. The Kier molecular flexibility index (Phi) is 4.42. The van der Waals surface area contributed by atoms with Crippen LogP contribution in [-0.2, 0) is 9.53 Å². The van der Waals surface area contributed by atoms with Crippen LogP contribution in [0.1, 0.15) is 45.3 Å². The molecule has 2 aliphatic rings. The monoisotopic (exact) mass is 441 g/mol. The largest absolute Gasteiger partial charge is 0.356 e. The summed E-state index contributed by atoms with van der Waals surface area (Å²) in [6, 6.07) is 0.152. The van der Waals surface area contributed by atoms with Crippen LogP contribution in [0.5, 0.6) is 0 Å². The van der Waals surface area contributed by atoms with Crippen LogP contribution >= 0.6 is 22.6 Å². The molecule has 0 radical (unpaired) electrons. The number of ketones is 1. The second kappa shape index (κ2) is 6.55. The van der Waals surface area contributed by atoms with Gasteiger partial charge in [-0.05, 0) is 48.8 Å². The van der Waals surface area contributed by atoms with Crippen molar-refractivity contribution in [1.29, 1.82) is 0 Å². The van der Waals surface area contributed by atoms with Crippen molar-refractivity contribution in [3.8, 4) is 0 Å². The summed E-state index contributed by atoms with van der Waals surface area (Å²) in [5.41, 5.74) is 1.59. The minimum atomic E-state index is -0.0605. The minimum Gasteiger partial charge on any atom is -0.356 e. The molecule has 0 spiro atoms. The zero-order chi connectivity index (χ0) is 16.7. The lowest BCUT2D eigenvalue weighted by Crippen LogP contribution is -2.41. The third-order valence-electron chi connectivity index (χ3n) is 4.76. The third kappa shape index (κ3) is 2.90. The molecule has 0 amide bonds. The van der Waals surface area contributed by atoms with Gasteiger partial charge in [-0.3, -0.25) is 4.79 Å². The van der Waals surface area contributed by atoms with Crippen molar-refractivity contribution < 1.29 is 9.53 Å². The molecule has 2 aromatic heterocycles. The Morgan fingerprint density at radius 1 is 1.38 bits per heavy atom. The molecule has 4 rings (SSSR count). The van der Waals surface area contributed by atoms with Gasteiger partial charge in [0.15, 0.2) is 15.6 Å². The number of carbonyl (C=O) groups is 1. The first-order valence-electron chi connectivity index (χ1n) is 8.44. The molecule has 24 heavy (non-hydrogen) atoms. The van der Waals surface area contributed by atoms with Crippen LogP contribution in [0.25, 0.3) is 11.2 Å². The second-order valence-corrected chi connectivity index (χ2v) is 7.51. The molecule has 0 aliphatic carbocycles. The Balaban J connectivity index is 1.72. The average Bonchev–Trinajstić information content (AvgIpc) is 2.92. The van der Waals surface area contributed by atoms with Crippen molar-refractivity contribution in [3.05, 3.63) is 9.90 Å². The van der Waals surface area contributed by atoms with E-state index in [9.17, 15) is 4.79 Å². The first-order chi connectivity index (χ1) is 11.6. The molecule has 2 atom stereocenters. The molecule has 2 aliphatic heterocycles.